The van der Waals surface area contributed by atoms with Crippen LogP contribution in [0.4, 0.5) is 0 Å². The highest BCUT2D eigenvalue weighted by atomic mass is 79.9. The van der Waals surface area contributed by atoms with Gasteiger partial charge in [-0.1, -0.05) is 35.8 Å². The largest absolute Gasteiger partial charge is 0.148 e. The van der Waals surface area contributed by atoms with Crippen molar-refractivity contribution in [1.82, 2.24) is 0 Å². The molecule has 0 aliphatic heterocycles. The van der Waals surface area contributed by atoms with Crippen LogP contribution in [-0.2, 0) is 5.41 Å². The van der Waals surface area contributed by atoms with Crippen LogP contribution in [0.1, 0.15) is 25.1 Å². The standard InChI is InChI=1S/C9H13BrS/c1-9(2,5-6-10)8-4-3-7-11-8/h3-4,7H,5-6H2,1-2H3. The molecule has 1 rings (SSSR count). The highest BCUT2D eigenvalue weighted by molar-refractivity contribution is 9.09. The van der Waals surface area contributed by atoms with Crippen molar-refractivity contribution in [2.24, 2.45) is 0 Å². The minimum Gasteiger partial charge on any atom is -0.148 e. The van der Waals surface area contributed by atoms with Gasteiger partial charge in [-0.25, -0.2) is 0 Å². The Bertz CT molecular complexity index is 201. The average Bonchev–Trinajstić information content (AvgIpc) is 2.37. The minimum atomic E-state index is 0.345. The molecule has 1 aromatic rings. The lowest BCUT2D eigenvalue weighted by atomic mass is 9.89. The maximum absolute atomic E-state index is 3.48. The lowest BCUT2D eigenvalue weighted by Crippen LogP contribution is -2.15. The molecule has 0 bridgehead atoms. The predicted octanol–water partition coefficient (Wildman–Crippen LogP) is 3.81. The van der Waals surface area contributed by atoms with Gasteiger partial charge < -0.3 is 0 Å². The number of thiophene rings is 1. The molecule has 0 unspecified atom stereocenters. The number of hydrogen-bond donors (Lipinski definition) is 0. The van der Waals surface area contributed by atoms with Gasteiger partial charge in [0.05, 0.1) is 0 Å². The van der Waals surface area contributed by atoms with Crippen LogP contribution in [0.2, 0.25) is 0 Å². The zero-order chi connectivity index (χ0) is 8.32. The Labute approximate surface area is 80.8 Å². The zero-order valence-corrected chi connectivity index (χ0v) is 9.33. The SMILES string of the molecule is CC(C)(CCBr)c1cccs1. The Hall–Kier alpha value is 0.180. The van der Waals surface area contributed by atoms with Gasteiger partial charge in [-0.15, -0.1) is 11.3 Å². The van der Waals surface area contributed by atoms with Crippen molar-refractivity contribution >= 4 is 27.3 Å². The summed E-state index contributed by atoms with van der Waals surface area (Å²) in [4.78, 5) is 1.48. The molecule has 0 nitrogen and oxygen atoms in total. The van der Waals surface area contributed by atoms with E-state index in [1.807, 2.05) is 11.3 Å². The summed E-state index contributed by atoms with van der Waals surface area (Å²) in [5, 5.41) is 3.23. The molecule has 0 N–H and O–H groups in total. The second-order valence-corrected chi connectivity index (χ2v) is 5.04. The molecule has 0 radical (unpaired) electrons. The lowest BCUT2D eigenvalue weighted by molar-refractivity contribution is 0.523. The molecule has 0 saturated carbocycles. The molecule has 1 aromatic heterocycles. The van der Waals surface area contributed by atoms with E-state index in [1.54, 1.807) is 0 Å². The van der Waals surface area contributed by atoms with Crippen LogP contribution >= 0.6 is 27.3 Å². The van der Waals surface area contributed by atoms with Crippen molar-refractivity contribution in [3.8, 4) is 0 Å². The number of halogens is 1. The lowest BCUT2D eigenvalue weighted by Gasteiger charge is -2.21. The number of alkyl halides is 1. The third-order valence-corrected chi connectivity index (χ3v) is 3.54. The number of hydrogen-bond acceptors (Lipinski definition) is 1. The second kappa shape index (κ2) is 3.72. The summed E-state index contributed by atoms with van der Waals surface area (Å²) in [7, 11) is 0. The summed E-state index contributed by atoms with van der Waals surface area (Å²) in [6, 6.07) is 4.34. The first-order valence-corrected chi connectivity index (χ1v) is 5.77. The van der Waals surface area contributed by atoms with E-state index in [0.29, 0.717) is 5.41 Å². The van der Waals surface area contributed by atoms with Crippen molar-refractivity contribution in [2.45, 2.75) is 25.7 Å². The fourth-order valence-corrected chi connectivity index (χ4v) is 2.90. The Balaban J connectivity index is 2.73. The molecule has 0 aliphatic carbocycles. The number of rotatable bonds is 3. The molecule has 11 heavy (non-hydrogen) atoms. The molecule has 0 aromatic carbocycles. The summed E-state index contributed by atoms with van der Waals surface area (Å²) in [5.41, 5.74) is 0.345. The zero-order valence-electron chi connectivity index (χ0n) is 6.93. The van der Waals surface area contributed by atoms with Crippen LogP contribution in [-0.4, -0.2) is 5.33 Å². The maximum Gasteiger partial charge on any atom is 0.0102 e. The van der Waals surface area contributed by atoms with E-state index in [2.05, 4.69) is 47.3 Å². The molecule has 0 fully saturated rings. The molecule has 0 aliphatic rings. The van der Waals surface area contributed by atoms with E-state index in [1.165, 1.54) is 11.3 Å². The van der Waals surface area contributed by atoms with Gasteiger partial charge in [-0.2, -0.15) is 0 Å². The topological polar surface area (TPSA) is 0 Å². The third-order valence-electron chi connectivity index (χ3n) is 1.91. The Morgan fingerprint density at radius 3 is 2.73 bits per heavy atom. The van der Waals surface area contributed by atoms with Gasteiger partial charge >= 0.3 is 0 Å². The van der Waals surface area contributed by atoms with Crippen molar-refractivity contribution in [3.63, 3.8) is 0 Å². The van der Waals surface area contributed by atoms with E-state index in [9.17, 15) is 0 Å². The summed E-state index contributed by atoms with van der Waals surface area (Å²) < 4.78 is 0. The smallest absolute Gasteiger partial charge is 0.0102 e. The maximum atomic E-state index is 3.48. The van der Waals surface area contributed by atoms with E-state index in [-0.39, 0.29) is 0 Å². The van der Waals surface area contributed by atoms with Gasteiger partial charge in [0.25, 0.3) is 0 Å². The Morgan fingerprint density at radius 1 is 1.55 bits per heavy atom. The van der Waals surface area contributed by atoms with Gasteiger partial charge in [-0.3, -0.25) is 0 Å². The molecular weight excluding hydrogens is 220 g/mol. The molecule has 0 saturated heterocycles. The molecule has 0 atom stereocenters. The monoisotopic (exact) mass is 232 g/mol. The Morgan fingerprint density at radius 2 is 2.27 bits per heavy atom. The highest BCUT2D eigenvalue weighted by Gasteiger charge is 2.19. The van der Waals surface area contributed by atoms with E-state index >= 15 is 0 Å². The normalized spacial score (nSPS) is 11.9. The van der Waals surface area contributed by atoms with Crippen molar-refractivity contribution in [2.75, 3.05) is 5.33 Å². The predicted molar refractivity (Wildman–Crippen MR) is 55.8 cm³/mol. The van der Waals surface area contributed by atoms with Gasteiger partial charge in [0, 0.05) is 10.2 Å². The molecule has 0 spiro atoms. The van der Waals surface area contributed by atoms with Crippen LogP contribution in [0.5, 0.6) is 0 Å². The van der Waals surface area contributed by atoms with Crippen LogP contribution in [0.25, 0.3) is 0 Å². The first-order valence-electron chi connectivity index (χ1n) is 3.77. The quantitative estimate of drug-likeness (QED) is 0.696. The summed E-state index contributed by atoms with van der Waals surface area (Å²) in [6.07, 6.45) is 1.20. The van der Waals surface area contributed by atoms with Gasteiger partial charge in [0.1, 0.15) is 0 Å². The van der Waals surface area contributed by atoms with Crippen molar-refractivity contribution < 1.29 is 0 Å². The first kappa shape index (κ1) is 9.27. The van der Waals surface area contributed by atoms with Crippen LogP contribution < -0.4 is 0 Å². The van der Waals surface area contributed by atoms with Gasteiger partial charge in [-0.05, 0) is 23.3 Å². The van der Waals surface area contributed by atoms with Crippen LogP contribution in [0.15, 0.2) is 17.5 Å². The fourth-order valence-electron chi connectivity index (χ4n) is 1.02. The summed E-state index contributed by atoms with van der Waals surface area (Å²) >= 11 is 5.32. The molecule has 2 heteroatoms. The Kier molecular flexibility index (Phi) is 3.14. The fraction of sp³-hybridized carbons (Fsp3) is 0.556. The van der Waals surface area contributed by atoms with Crippen molar-refractivity contribution in [3.05, 3.63) is 22.4 Å². The molecule has 1 heterocycles. The first-order chi connectivity index (χ1) is 5.17. The average molecular weight is 233 g/mol. The third kappa shape index (κ3) is 2.31. The van der Waals surface area contributed by atoms with Crippen molar-refractivity contribution in [1.29, 1.82) is 0 Å². The molecule has 62 valence electrons. The van der Waals surface area contributed by atoms with Gasteiger partial charge in [0.15, 0.2) is 0 Å². The minimum absolute atomic E-state index is 0.345. The molecular formula is C9H13BrS. The highest BCUT2D eigenvalue weighted by Crippen LogP contribution is 2.30. The van der Waals surface area contributed by atoms with Gasteiger partial charge in [0.2, 0.25) is 0 Å². The van der Waals surface area contributed by atoms with Crippen LogP contribution in [0.3, 0.4) is 0 Å². The second-order valence-electron chi connectivity index (χ2n) is 3.30. The van der Waals surface area contributed by atoms with E-state index in [0.717, 1.165) is 5.33 Å². The summed E-state index contributed by atoms with van der Waals surface area (Å²) in [6.45, 7) is 4.58. The van der Waals surface area contributed by atoms with Crippen LogP contribution in [0, 0.1) is 0 Å². The molecule has 0 amide bonds. The van der Waals surface area contributed by atoms with E-state index in [4.69, 9.17) is 0 Å². The van der Waals surface area contributed by atoms with E-state index < -0.39 is 0 Å². The summed E-state index contributed by atoms with van der Waals surface area (Å²) in [5.74, 6) is 0.